The molecule has 0 spiro atoms. The Hall–Kier alpha value is -1.03. The number of imidazole rings is 1. The summed E-state index contributed by atoms with van der Waals surface area (Å²) in [5.74, 6) is 0.479. The predicted molar refractivity (Wildman–Crippen MR) is 54.6 cm³/mol. The number of nitrogens with zero attached hydrogens (tertiary/aromatic N) is 3. The van der Waals surface area contributed by atoms with E-state index in [9.17, 15) is 0 Å². The van der Waals surface area contributed by atoms with Crippen LogP contribution in [0.5, 0.6) is 0 Å². The van der Waals surface area contributed by atoms with E-state index in [4.69, 9.17) is 16.4 Å². The standard InChI is InChI=1S/C9H12ClN3O/c1-2-13-6-11-5-9(13)8-3-7(4-10)14-12-8/h5-7H,2-4H2,1H3. The van der Waals surface area contributed by atoms with Crippen molar-refractivity contribution in [2.75, 3.05) is 5.88 Å². The minimum atomic E-state index is 0.0203. The van der Waals surface area contributed by atoms with Crippen molar-refractivity contribution in [3.63, 3.8) is 0 Å². The van der Waals surface area contributed by atoms with E-state index in [-0.39, 0.29) is 6.10 Å². The minimum absolute atomic E-state index is 0.0203. The van der Waals surface area contributed by atoms with Crippen LogP contribution in [0.2, 0.25) is 0 Å². The Balaban J connectivity index is 2.17. The molecule has 0 saturated heterocycles. The molecule has 2 heterocycles. The molecule has 1 aliphatic rings. The molecule has 1 aromatic heterocycles. The molecule has 1 aliphatic heterocycles. The van der Waals surface area contributed by atoms with Crippen LogP contribution in [0, 0.1) is 0 Å². The summed E-state index contributed by atoms with van der Waals surface area (Å²) < 4.78 is 2.04. The number of hydrogen-bond donors (Lipinski definition) is 0. The van der Waals surface area contributed by atoms with Gasteiger partial charge in [-0.3, -0.25) is 0 Å². The summed E-state index contributed by atoms with van der Waals surface area (Å²) in [4.78, 5) is 9.23. The molecule has 0 fully saturated rings. The van der Waals surface area contributed by atoms with Crippen molar-refractivity contribution in [3.05, 3.63) is 18.2 Å². The topological polar surface area (TPSA) is 39.4 Å². The lowest BCUT2D eigenvalue weighted by atomic mass is 10.1. The molecule has 0 bridgehead atoms. The molecule has 76 valence electrons. The first-order chi connectivity index (χ1) is 6.85. The highest BCUT2D eigenvalue weighted by molar-refractivity contribution is 6.18. The second kappa shape index (κ2) is 4.00. The summed E-state index contributed by atoms with van der Waals surface area (Å²) in [6.07, 6.45) is 4.40. The molecular formula is C9H12ClN3O. The second-order valence-electron chi connectivity index (χ2n) is 3.19. The highest BCUT2D eigenvalue weighted by Gasteiger charge is 2.23. The molecule has 1 unspecified atom stereocenters. The zero-order chi connectivity index (χ0) is 9.97. The van der Waals surface area contributed by atoms with Gasteiger partial charge in [0.15, 0.2) is 0 Å². The lowest BCUT2D eigenvalue weighted by Crippen LogP contribution is -2.12. The summed E-state index contributed by atoms with van der Waals surface area (Å²) in [5, 5.41) is 4.01. The Morgan fingerprint density at radius 2 is 2.57 bits per heavy atom. The summed E-state index contributed by atoms with van der Waals surface area (Å²) in [5.41, 5.74) is 1.97. The van der Waals surface area contributed by atoms with Gasteiger partial charge in [-0.25, -0.2) is 4.98 Å². The van der Waals surface area contributed by atoms with Crippen molar-refractivity contribution >= 4 is 17.3 Å². The Bertz CT molecular complexity index is 348. The maximum Gasteiger partial charge on any atom is 0.146 e. The van der Waals surface area contributed by atoms with E-state index in [1.165, 1.54) is 0 Å². The Kier molecular flexibility index (Phi) is 2.72. The lowest BCUT2D eigenvalue weighted by molar-refractivity contribution is 0.102. The zero-order valence-corrected chi connectivity index (χ0v) is 8.74. The van der Waals surface area contributed by atoms with Crippen molar-refractivity contribution in [2.24, 2.45) is 5.16 Å². The summed E-state index contributed by atoms with van der Waals surface area (Å²) >= 11 is 5.69. The van der Waals surface area contributed by atoms with Gasteiger partial charge in [0.25, 0.3) is 0 Å². The number of hydrogen-bond acceptors (Lipinski definition) is 3. The predicted octanol–water partition coefficient (Wildman–Crippen LogP) is 1.63. The fourth-order valence-electron chi connectivity index (χ4n) is 1.48. The van der Waals surface area contributed by atoms with Crippen molar-refractivity contribution < 1.29 is 4.84 Å². The van der Waals surface area contributed by atoms with Gasteiger partial charge < -0.3 is 9.40 Å². The third-order valence-corrected chi connectivity index (χ3v) is 2.60. The summed E-state index contributed by atoms with van der Waals surface area (Å²) in [6, 6.07) is 0. The van der Waals surface area contributed by atoms with Crippen LogP contribution in [0.3, 0.4) is 0 Å². The molecule has 2 rings (SSSR count). The quantitative estimate of drug-likeness (QED) is 0.716. The first kappa shape index (κ1) is 9.52. The van der Waals surface area contributed by atoms with Crippen molar-refractivity contribution in [3.8, 4) is 0 Å². The van der Waals surface area contributed by atoms with Crippen LogP contribution in [-0.4, -0.2) is 27.2 Å². The van der Waals surface area contributed by atoms with Crippen molar-refractivity contribution in [1.82, 2.24) is 9.55 Å². The number of aromatic nitrogens is 2. The number of alkyl halides is 1. The van der Waals surface area contributed by atoms with Gasteiger partial charge >= 0.3 is 0 Å². The maximum absolute atomic E-state index is 5.69. The molecule has 14 heavy (non-hydrogen) atoms. The molecule has 0 N–H and O–H groups in total. The third-order valence-electron chi connectivity index (χ3n) is 2.25. The van der Waals surface area contributed by atoms with E-state index in [0.29, 0.717) is 5.88 Å². The fraction of sp³-hybridized carbons (Fsp3) is 0.556. The molecule has 1 atom stereocenters. The van der Waals surface area contributed by atoms with Gasteiger partial charge in [0.05, 0.1) is 24.1 Å². The normalized spacial score (nSPS) is 20.7. The Morgan fingerprint density at radius 3 is 3.21 bits per heavy atom. The van der Waals surface area contributed by atoms with E-state index in [1.54, 1.807) is 6.33 Å². The number of halogens is 1. The Morgan fingerprint density at radius 1 is 1.71 bits per heavy atom. The van der Waals surface area contributed by atoms with E-state index in [1.807, 2.05) is 10.8 Å². The number of rotatable bonds is 3. The van der Waals surface area contributed by atoms with Gasteiger partial charge in [0.2, 0.25) is 0 Å². The molecule has 4 nitrogen and oxygen atoms in total. The molecule has 0 aromatic carbocycles. The van der Waals surface area contributed by atoms with Gasteiger partial charge in [-0.05, 0) is 6.92 Å². The van der Waals surface area contributed by atoms with Crippen LogP contribution in [0.4, 0.5) is 0 Å². The van der Waals surface area contributed by atoms with Gasteiger partial charge in [-0.2, -0.15) is 0 Å². The van der Waals surface area contributed by atoms with Crippen LogP contribution in [-0.2, 0) is 11.4 Å². The first-order valence-electron chi connectivity index (χ1n) is 4.64. The largest absolute Gasteiger partial charge is 0.391 e. The fourth-order valence-corrected chi connectivity index (χ4v) is 1.64. The average Bonchev–Trinajstić information content (AvgIpc) is 2.85. The van der Waals surface area contributed by atoms with Gasteiger partial charge in [0, 0.05) is 13.0 Å². The van der Waals surface area contributed by atoms with E-state index in [2.05, 4.69) is 17.1 Å². The molecular weight excluding hydrogens is 202 g/mol. The monoisotopic (exact) mass is 213 g/mol. The van der Waals surface area contributed by atoms with E-state index in [0.717, 1.165) is 24.4 Å². The molecule has 0 radical (unpaired) electrons. The average molecular weight is 214 g/mol. The Labute approximate surface area is 87.5 Å². The van der Waals surface area contributed by atoms with Crippen LogP contribution in [0.25, 0.3) is 0 Å². The van der Waals surface area contributed by atoms with Gasteiger partial charge in [-0.15, -0.1) is 11.6 Å². The highest BCUT2D eigenvalue weighted by atomic mass is 35.5. The van der Waals surface area contributed by atoms with Crippen LogP contribution >= 0.6 is 11.6 Å². The zero-order valence-electron chi connectivity index (χ0n) is 7.98. The SMILES string of the molecule is CCn1cncc1C1=NOC(CCl)C1. The number of oxime groups is 1. The summed E-state index contributed by atoms with van der Waals surface area (Å²) in [7, 11) is 0. The van der Waals surface area contributed by atoms with Gasteiger partial charge in [-0.1, -0.05) is 5.16 Å². The smallest absolute Gasteiger partial charge is 0.146 e. The van der Waals surface area contributed by atoms with Gasteiger partial charge in [0.1, 0.15) is 11.8 Å². The summed E-state index contributed by atoms with van der Waals surface area (Å²) in [6.45, 7) is 2.96. The minimum Gasteiger partial charge on any atom is -0.391 e. The first-order valence-corrected chi connectivity index (χ1v) is 5.17. The second-order valence-corrected chi connectivity index (χ2v) is 3.50. The van der Waals surface area contributed by atoms with Crippen LogP contribution in [0.1, 0.15) is 19.0 Å². The third kappa shape index (κ3) is 1.62. The molecule has 5 heteroatoms. The molecule has 1 aromatic rings. The molecule has 0 aliphatic carbocycles. The highest BCUT2D eigenvalue weighted by Crippen LogP contribution is 2.17. The maximum atomic E-state index is 5.69. The van der Waals surface area contributed by atoms with Crippen molar-refractivity contribution in [2.45, 2.75) is 26.0 Å². The van der Waals surface area contributed by atoms with E-state index >= 15 is 0 Å². The number of aryl methyl sites for hydroxylation is 1. The van der Waals surface area contributed by atoms with Crippen LogP contribution < -0.4 is 0 Å². The van der Waals surface area contributed by atoms with Crippen LogP contribution in [0.15, 0.2) is 17.7 Å². The molecule has 0 saturated carbocycles. The lowest BCUT2D eigenvalue weighted by Gasteiger charge is -2.03. The molecule has 0 amide bonds. The van der Waals surface area contributed by atoms with E-state index < -0.39 is 0 Å². The van der Waals surface area contributed by atoms with Crippen molar-refractivity contribution in [1.29, 1.82) is 0 Å².